The molecule has 0 bridgehead atoms. The molecule has 0 aliphatic carbocycles. The van der Waals surface area contributed by atoms with E-state index in [0.717, 1.165) is 0 Å². The van der Waals surface area contributed by atoms with Crippen LogP contribution < -0.4 is 4.74 Å². The zero-order valence-electron chi connectivity index (χ0n) is 10.0. The number of oxazole rings is 1. The number of hydrogen-bond donors (Lipinski definition) is 1. The summed E-state index contributed by atoms with van der Waals surface area (Å²) in [5.41, 5.74) is 0. The molecule has 96 valence electrons. The van der Waals surface area contributed by atoms with E-state index in [4.69, 9.17) is 18.7 Å². The SMILES string of the molecule is CCOc1nc(-c2ccco2)oc1C(C)C(=O)O. The lowest BCUT2D eigenvalue weighted by molar-refractivity contribution is -0.138. The van der Waals surface area contributed by atoms with E-state index in [0.29, 0.717) is 12.4 Å². The number of carboxylic acid groups (broad SMARTS) is 1. The van der Waals surface area contributed by atoms with Gasteiger partial charge in [-0.15, -0.1) is 0 Å². The molecule has 1 N–H and O–H groups in total. The number of furan rings is 1. The maximum absolute atomic E-state index is 11.0. The Morgan fingerprint density at radius 3 is 2.94 bits per heavy atom. The maximum atomic E-state index is 11.0. The van der Waals surface area contributed by atoms with Crippen LogP contribution in [0, 0.1) is 0 Å². The van der Waals surface area contributed by atoms with Crippen LogP contribution in [0.4, 0.5) is 0 Å². The molecule has 6 heteroatoms. The molecule has 0 saturated carbocycles. The van der Waals surface area contributed by atoms with Crippen LogP contribution in [0.15, 0.2) is 27.2 Å². The number of aliphatic carboxylic acids is 1. The monoisotopic (exact) mass is 251 g/mol. The third-order valence-corrected chi connectivity index (χ3v) is 2.40. The molecule has 2 rings (SSSR count). The van der Waals surface area contributed by atoms with Gasteiger partial charge in [0.1, 0.15) is 5.92 Å². The van der Waals surface area contributed by atoms with Crippen molar-refractivity contribution in [1.29, 1.82) is 0 Å². The molecular weight excluding hydrogens is 238 g/mol. The van der Waals surface area contributed by atoms with Gasteiger partial charge in [0, 0.05) is 0 Å². The van der Waals surface area contributed by atoms with Gasteiger partial charge in [0.15, 0.2) is 11.5 Å². The highest BCUT2D eigenvalue weighted by Crippen LogP contribution is 2.32. The third-order valence-electron chi connectivity index (χ3n) is 2.40. The van der Waals surface area contributed by atoms with Crippen LogP contribution in [0.3, 0.4) is 0 Å². The van der Waals surface area contributed by atoms with Gasteiger partial charge < -0.3 is 18.7 Å². The Balaban J connectivity index is 2.41. The van der Waals surface area contributed by atoms with Gasteiger partial charge in [-0.1, -0.05) is 0 Å². The van der Waals surface area contributed by atoms with E-state index >= 15 is 0 Å². The number of carboxylic acids is 1. The van der Waals surface area contributed by atoms with E-state index in [1.807, 2.05) is 0 Å². The summed E-state index contributed by atoms with van der Waals surface area (Å²) in [5, 5.41) is 9.00. The Hall–Kier alpha value is -2.24. The fraction of sp³-hybridized carbons (Fsp3) is 0.333. The normalized spacial score (nSPS) is 12.3. The number of rotatable bonds is 5. The molecule has 0 fully saturated rings. The molecule has 0 amide bonds. The molecule has 0 aromatic carbocycles. The molecule has 0 saturated heterocycles. The molecular formula is C12H13NO5. The first kappa shape index (κ1) is 12.2. The van der Waals surface area contributed by atoms with Crippen molar-refractivity contribution in [1.82, 2.24) is 4.98 Å². The minimum atomic E-state index is -1.00. The average molecular weight is 251 g/mol. The zero-order valence-corrected chi connectivity index (χ0v) is 10.0. The van der Waals surface area contributed by atoms with Gasteiger partial charge >= 0.3 is 5.97 Å². The summed E-state index contributed by atoms with van der Waals surface area (Å²) in [6.07, 6.45) is 1.49. The number of hydrogen-bond acceptors (Lipinski definition) is 5. The third kappa shape index (κ3) is 2.22. The summed E-state index contributed by atoms with van der Waals surface area (Å²) in [5.74, 6) is -0.804. The Bertz CT molecular complexity index is 529. The van der Waals surface area contributed by atoms with Crippen molar-refractivity contribution in [3.8, 4) is 17.5 Å². The van der Waals surface area contributed by atoms with Crippen molar-refractivity contribution < 1.29 is 23.5 Å². The van der Waals surface area contributed by atoms with Crippen molar-refractivity contribution in [3.05, 3.63) is 24.2 Å². The highest BCUT2D eigenvalue weighted by atomic mass is 16.5. The van der Waals surface area contributed by atoms with Crippen LogP contribution in [-0.4, -0.2) is 22.7 Å². The van der Waals surface area contributed by atoms with E-state index < -0.39 is 11.9 Å². The Morgan fingerprint density at radius 2 is 2.39 bits per heavy atom. The number of carbonyl (C=O) groups is 1. The summed E-state index contributed by atoms with van der Waals surface area (Å²) in [4.78, 5) is 15.1. The maximum Gasteiger partial charge on any atom is 0.314 e. The molecule has 1 atom stereocenters. The quantitative estimate of drug-likeness (QED) is 0.878. The van der Waals surface area contributed by atoms with Crippen molar-refractivity contribution in [3.63, 3.8) is 0 Å². The molecule has 0 radical (unpaired) electrons. The lowest BCUT2D eigenvalue weighted by Gasteiger charge is -2.04. The van der Waals surface area contributed by atoms with Gasteiger partial charge in [-0.3, -0.25) is 4.79 Å². The van der Waals surface area contributed by atoms with Crippen molar-refractivity contribution in [2.24, 2.45) is 0 Å². The smallest absolute Gasteiger partial charge is 0.314 e. The van der Waals surface area contributed by atoms with Crippen molar-refractivity contribution in [2.75, 3.05) is 6.61 Å². The Kier molecular flexibility index (Phi) is 3.36. The van der Waals surface area contributed by atoms with Crippen LogP contribution in [0.25, 0.3) is 11.7 Å². The van der Waals surface area contributed by atoms with Crippen molar-refractivity contribution in [2.45, 2.75) is 19.8 Å². The van der Waals surface area contributed by atoms with E-state index in [-0.39, 0.29) is 17.5 Å². The fourth-order valence-electron chi connectivity index (χ4n) is 1.45. The first-order valence-electron chi connectivity index (χ1n) is 5.53. The standard InChI is InChI=1S/C12H13NO5/c1-3-16-11-9(7(2)12(14)15)18-10(13-11)8-5-4-6-17-8/h4-7H,3H2,1-2H3,(H,14,15). The van der Waals surface area contributed by atoms with Crippen LogP contribution in [0.1, 0.15) is 25.5 Å². The van der Waals surface area contributed by atoms with E-state index in [2.05, 4.69) is 4.98 Å². The number of ether oxygens (including phenoxy) is 1. The molecule has 0 aliphatic heterocycles. The van der Waals surface area contributed by atoms with Gasteiger partial charge in [0.2, 0.25) is 0 Å². The molecule has 18 heavy (non-hydrogen) atoms. The van der Waals surface area contributed by atoms with Crippen LogP contribution in [0.5, 0.6) is 5.88 Å². The molecule has 2 aromatic rings. The molecule has 2 aromatic heterocycles. The number of nitrogens with zero attached hydrogens (tertiary/aromatic N) is 1. The second kappa shape index (κ2) is 4.95. The van der Waals surface area contributed by atoms with Crippen molar-refractivity contribution >= 4 is 5.97 Å². The fourth-order valence-corrected chi connectivity index (χ4v) is 1.45. The van der Waals surface area contributed by atoms with Gasteiger partial charge in [-0.05, 0) is 26.0 Å². The van der Waals surface area contributed by atoms with Crippen LogP contribution in [-0.2, 0) is 4.79 Å². The highest BCUT2D eigenvalue weighted by molar-refractivity contribution is 5.75. The van der Waals surface area contributed by atoms with Gasteiger partial charge in [-0.2, -0.15) is 4.98 Å². The second-order valence-electron chi connectivity index (χ2n) is 3.66. The molecule has 0 spiro atoms. The summed E-state index contributed by atoms with van der Waals surface area (Å²) in [6.45, 7) is 3.68. The largest absolute Gasteiger partial charge is 0.481 e. The van der Waals surface area contributed by atoms with E-state index in [1.165, 1.54) is 13.2 Å². The topological polar surface area (TPSA) is 85.7 Å². The second-order valence-corrected chi connectivity index (χ2v) is 3.66. The number of aromatic nitrogens is 1. The van der Waals surface area contributed by atoms with E-state index in [9.17, 15) is 4.79 Å². The zero-order chi connectivity index (χ0) is 13.1. The van der Waals surface area contributed by atoms with E-state index in [1.54, 1.807) is 19.1 Å². The minimum Gasteiger partial charge on any atom is -0.481 e. The van der Waals surface area contributed by atoms with Gasteiger partial charge in [0.25, 0.3) is 11.8 Å². The lowest BCUT2D eigenvalue weighted by Crippen LogP contribution is -2.08. The summed E-state index contributed by atoms with van der Waals surface area (Å²) >= 11 is 0. The minimum absolute atomic E-state index is 0.191. The lowest BCUT2D eigenvalue weighted by atomic mass is 10.1. The predicted molar refractivity (Wildman–Crippen MR) is 61.4 cm³/mol. The van der Waals surface area contributed by atoms with Crippen LogP contribution in [0.2, 0.25) is 0 Å². The molecule has 6 nitrogen and oxygen atoms in total. The average Bonchev–Trinajstić information content (AvgIpc) is 2.96. The summed E-state index contributed by atoms with van der Waals surface area (Å²) < 4.78 is 15.8. The van der Waals surface area contributed by atoms with Gasteiger partial charge in [0.05, 0.1) is 12.9 Å². The highest BCUT2D eigenvalue weighted by Gasteiger charge is 2.26. The predicted octanol–water partition coefficient (Wildman–Crippen LogP) is 2.52. The van der Waals surface area contributed by atoms with Crippen LogP contribution >= 0.6 is 0 Å². The first-order chi connectivity index (χ1) is 8.63. The molecule has 0 aliphatic rings. The van der Waals surface area contributed by atoms with Gasteiger partial charge in [-0.25, -0.2) is 0 Å². The molecule has 1 unspecified atom stereocenters. The first-order valence-corrected chi connectivity index (χ1v) is 5.53. The molecule has 2 heterocycles. The summed E-state index contributed by atoms with van der Waals surface area (Å²) in [7, 11) is 0. The summed E-state index contributed by atoms with van der Waals surface area (Å²) in [6, 6.07) is 3.37. The Labute approximate surface area is 103 Å². The Morgan fingerprint density at radius 1 is 1.61 bits per heavy atom.